The van der Waals surface area contributed by atoms with Gasteiger partial charge in [0.05, 0.1) is 12.2 Å². The third kappa shape index (κ3) is 2.75. The monoisotopic (exact) mass is 297 g/mol. The average Bonchev–Trinajstić information content (AvgIpc) is 2.40. The van der Waals surface area contributed by atoms with Crippen molar-refractivity contribution in [1.29, 1.82) is 0 Å². The molecular weight excluding hydrogens is 285 g/mol. The topological polar surface area (TPSA) is 56.0 Å². The molecule has 0 spiro atoms. The van der Waals surface area contributed by atoms with Crippen LogP contribution in [0.2, 0.25) is 5.02 Å². The third-order valence-corrected chi connectivity index (χ3v) is 3.25. The van der Waals surface area contributed by atoms with Crippen LogP contribution in [-0.4, -0.2) is 9.13 Å². The molecule has 1 aromatic heterocycles. The molecule has 106 valence electrons. The Labute approximate surface area is 119 Å². The molecule has 0 aliphatic heterocycles. The zero-order valence-corrected chi connectivity index (χ0v) is 11.7. The maximum absolute atomic E-state index is 13.6. The highest BCUT2D eigenvalue weighted by Crippen LogP contribution is 2.19. The number of hydrogen-bond donors (Lipinski definition) is 1. The number of halogens is 2. The molecule has 2 aromatic rings. The smallest absolute Gasteiger partial charge is 0.330 e. The predicted octanol–water partition coefficient (Wildman–Crippen LogP) is 1.49. The summed E-state index contributed by atoms with van der Waals surface area (Å²) in [6.45, 7) is 0.153. The largest absolute Gasteiger partial charge is 0.377 e. The molecule has 0 radical (unpaired) electrons. The van der Waals surface area contributed by atoms with E-state index in [1.165, 1.54) is 29.8 Å². The van der Waals surface area contributed by atoms with E-state index in [1.54, 1.807) is 13.1 Å². The number of benzene rings is 1. The van der Waals surface area contributed by atoms with Crippen molar-refractivity contribution in [3.05, 3.63) is 61.6 Å². The molecule has 20 heavy (non-hydrogen) atoms. The zero-order chi connectivity index (χ0) is 14.9. The lowest BCUT2D eigenvalue weighted by molar-refractivity contribution is 0.627. The number of nitrogens with one attached hydrogen (secondary N) is 1. The van der Waals surface area contributed by atoms with Gasteiger partial charge in [0.2, 0.25) is 0 Å². The number of hydrogen-bond acceptors (Lipinski definition) is 3. The van der Waals surface area contributed by atoms with Crippen molar-refractivity contribution >= 4 is 17.3 Å². The van der Waals surface area contributed by atoms with Crippen LogP contribution in [0.1, 0.15) is 5.69 Å². The van der Waals surface area contributed by atoms with Crippen molar-refractivity contribution in [3.63, 3.8) is 0 Å². The molecule has 0 atom stereocenters. The second-order valence-corrected chi connectivity index (χ2v) is 4.79. The van der Waals surface area contributed by atoms with Crippen molar-refractivity contribution in [1.82, 2.24) is 9.13 Å². The summed E-state index contributed by atoms with van der Waals surface area (Å²) >= 11 is 5.66. The van der Waals surface area contributed by atoms with Crippen molar-refractivity contribution in [3.8, 4) is 0 Å². The van der Waals surface area contributed by atoms with Gasteiger partial charge in [0.15, 0.2) is 0 Å². The van der Waals surface area contributed by atoms with Crippen LogP contribution in [0, 0.1) is 5.82 Å². The second-order valence-electron chi connectivity index (χ2n) is 4.35. The number of aromatic nitrogens is 2. The lowest BCUT2D eigenvalue weighted by Gasteiger charge is -2.12. The minimum Gasteiger partial charge on any atom is -0.377 e. The quantitative estimate of drug-likeness (QED) is 0.934. The van der Waals surface area contributed by atoms with Crippen LogP contribution in [-0.2, 0) is 20.6 Å². The molecule has 0 bridgehead atoms. The fourth-order valence-electron chi connectivity index (χ4n) is 1.77. The first-order valence-electron chi connectivity index (χ1n) is 5.85. The Balaban J connectivity index is 2.28. The van der Waals surface area contributed by atoms with Gasteiger partial charge in [0.25, 0.3) is 5.56 Å². The van der Waals surface area contributed by atoms with Crippen LogP contribution in [0.25, 0.3) is 0 Å². The Kier molecular flexibility index (Phi) is 3.94. The molecule has 0 amide bonds. The summed E-state index contributed by atoms with van der Waals surface area (Å²) in [5, 5.41) is 3.13. The van der Waals surface area contributed by atoms with Gasteiger partial charge in [-0.1, -0.05) is 11.6 Å². The SMILES string of the molecule is Cn1c(CNc2ccc(Cl)cc2F)cc(=O)n(C)c1=O. The van der Waals surface area contributed by atoms with E-state index in [0.29, 0.717) is 10.7 Å². The van der Waals surface area contributed by atoms with Crippen molar-refractivity contribution < 1.29 is 4.39 Å². The van der Waals surface area contributed by atoms with Crippen molar-refractivity contribution in [2.24, 2.45) is 14.1 Å². The number of rotatable bonds is 3. The third-order valence-electron chi connectivity index (χ3n) is 3.02. The molecule has 2 rings (SSSR count). The first kappa shape index (κ1) is 14.3. The summed E-state index contributed by atoms with van der Waals surface area (Å²) < 4.78 is 15.9. The molecule has 0 fully saturated rings. The Morgan fingerprint density at radius 2 is 1.90 bits per heavy atom. The molecule has 1 aromatic carbocycles. The van der Waals surface area contributed by atoms with E-state index >= 15 is 0 Å². The minimum absolute atomic E-state index is 0.153. The first-order valence-corrected chi connectivity index (χ1v) is 6.23. The summed E-state index contributed by atoms with van der Waals surface area (Å²) in [5.41, 5.74) is -0.109. The van der Waals surface area contributed by atoms with E-state index in [-0.39, 0.29) is 12.2 Å². The van der Waals surface area contributed by atoms with E-state index in [1.807, 2.05) is 0 Å². The van der Waals surface area contributed by atoms with Crippen molar-refractivity contribution in [2.75, 3.05) is 5.32 Å². The molecule has 1 N–H and O–H groups in total. The van der Waals surface area contributed by atoms with Gasteiger partial charge in [0, 0.05) is 30.9 Å². The highest BCUT2D eigenvalue weighted by Gasteiger charge is 2.07. The molecule has 0 unspecified atom stereocenters. The lowest BCUT2D eigenvalue weighted by Crippen LogP contribution is -2.38. The fourth-order valence-corrected chi connectivity index (χ4v) is 1.93. The molecule has 0 saturated heterocycles. The first-order chi connectivity index (χ1) is 9.40. The summed E-state index contributed by atoms with van der Waals surface area (Å²) in [7, 11) is 2.96. The van der Waals surface area contributed by atoms with Crippen LogP contribution in [0.15, 0.2) is 33.9 Å². The maximum Gasteiger partial charge on any atom is 0.330 e. The Bertz CT molecular complexity index is 767. The average molecular weight is 298 g/mol. The fraction of sp³-hybridized carbons (Fsp3) is 0.231. The van der Waals surface area contributed by atoms with Crippen LogP contribution in [0.4, 0.5) is 10.1 Å². The molecule has 0 saturated carbocycles. The van der Waals surface area contributed by atoms with E-state index < -0.39 is 17.1 Å². The summed E-state index contributed by atoms with van der Waals surface area (Å²) in [5.74, 6) is -0.494. The van der Waals surface area contributed by atoms with E-state index in [4.69, 9.17) is 11.6 Å². The minimum atomic E-state index is -0.494. The van der Waals surface area contributed by atoms with E-state index in [2.05, 4.69) is 5.32 Å². The van der Waals surface area contributed by atoms with Crippen LogP contribution >= 0.6 is 11.6 Å². The molecule has 1 heterocycles. The van der Waals surface area contributed by atoms with Crippen LogP contribution < -0.4 is 16.6 Å². The Morgan fingerprint density at radius 1 is 1.20 bits per heavy atom. The van der Waals surface area contributed by atoms with Gasteiger partial charge in [-0.25, -0.2) is 9.18 Å². The highest BCUT2D eigenvalue weighted by molar-refractivity contribution is 6.30. The molecular formula is C13H13ClFN3O2. The maximum atomic E-state index is 13.6. The van der Waals surface area contributed by atoms with Crippen LogP contribution in [0.5, 0.6) is 0 Å². The molecule has 5 nitrogen and oxygen atoms in total. The van der Waals surface area contributed by atoms with Gasteiger partial charge < -0.3 is 5.32 Å². The highest BCUT2D eigenvalue weighted by atomic mass is 35.5. The van der Waals surface area contributed by atoms with Gasteiger partial charge in [-0.3, -0.25) is 13.9 Å². The van der Waals surface area contributed by atoms with Gasteiger partial charge in [-0.2, -0.15) is 0 Å². The standard InChI is InChI=1S/C13H13ClFN3O2/c1-17-9(6-12(19)18(2)13(17)20)7-16-11-4-3-8(14)5-10(11)15/h3-6,16H,7H2,1-2H3. The normalized spacial score (nSPS) is 10.6. The van der Waals surface area contributed by atoms with E-state index in [9.17, 15) is 14.0 Å². The second kappa shape index (κ2) is 5.50. The molecule has 0 aliphatic carbocycles. The predicted molar refractivity (Wildman–Crippen MR) is 75.7 cm³/mol. The van der Waals surface area contributed by atoms with Gasteiger partial charge >= 0.3 is 5.69 Å². The summed E-state index contributed by atoms with van der Waals surface area (Å²) in [6.07, 6.45) is 0. The summed E-state index contributed by atoms with van der Waals surface area (Å²) in [4.78, 5) is 23.3. The zero-order valence-electron chi connectivity index (χ0n) is 11.0. The van der Waals surface area contributed by atoms with Crippen LogP contribution in [0.3, 0.4) is 0 Å². The lowest BCUT2D eigenvalue weighted by atomic mass is 10.3. The molecule has 7 heteroatoms. The number of nitrogens with zero attached hydrogens (tertiary/aromatic N) is 2. The Hall–Kier alpha value is -2.08. The summed E-state index contributed by atoms with van der Waals surface area (Å²) in [6, 6.07) is 5.57. The Morgan fingerprint density at radius 3 is 2.55 bits per heavy atom. The van der Waals surface area contributed by atoms with Gasteiger partial charge in [-0.05, 0) is 18.2 Å². The van der Waals surface area contributed by atoms with Gasteiger partial charge in [0.1, 0.15) is 5.82 Å². The van der Waals surface area contributed by atoms with E-state index in [0.717, 1.165) is 4.57 Å². The molecule has 0 aliphatic rings. The number of anilines is 1. The van der Waals surface area contributed by atoms with Gasteiger partial charge in [-0.15, -0.1) is 0 Å². The van der Waals surface area contributed by atoms with Crippen molar-refractivity contribution in [2.45, 2.75) is 6.54 Å².